The highest BCUT2D eigenvalue weighted by molar-refractivity contribution is 5.35. The van der Waals surface area contributed by atoms with Gasteiger partial charge in [-0.15, -0.1) is 0 Å². The molecule has 2 bridgehead atoms. The van der Waals surface area contributed by atoms with E-state index in [4.69, 9.17) is 9.47 Å². The van der Waals surface area contributed by atoms with Crippen LogP contribution in [0.4, 0.5) is 0 Å². The number of aliphatic hydroxyl groups is 2. The number of rotatable bonds is 7. The third-order valence-corrected chi connectivity index (χ3v) is 5.53. The molecule has 0 aliphatic carbocycles. The van der Waals surface area contributed by atoms with Gasteiger partial charge < -0.3 is 19.7 Å². The van der Waals surface area contributed by atoms with E-state index >= 15 is 0 Å². The van der Waals surface area contributed by atoms with Crippen LogP contribution in [0.25, 0.3) is 0 Å². The summed E-state index contributed by atoms with van der Waals surface area (Å²) >= 11 is 0. The maximum atomic E-state index is 10.4. The van der Waals surface area contributed by atoms with Crippen LogP contribution in [0.5, 0.6) is 17.2 Å². The van der Waals surface area contributed by atoms with Crippen molar-refractivity contribution in [1.29, 1.82) is 0 Å². The molecule has 2 fully saturated rings. The van der Waals surface area contributed by atoms with Crippen molar-refractivity contribution in [2.75, 3.05) is 13.2 Å². The Balaban J connectivity index is 1.25. The summed E-state index contributed by atoms with van der Waals surface area (Å²) in [5, 5.41) is 20.3. The molecule has 4 atom stereocenters. The normalized spacial score (nSPS) is 25.9. The van der Waals surface area contributed by atoms with Crippen LogP contribution in [0.2, 0.25) is 0 Å². The lowest BCUT2D eigenvalue weighted by Crippen LogP contribution is -2.48. The number of aliphatic hydroxyl groups excluding tert-OH is 2. The minimum absolute atomic E-state index is 0.177. The van der Waals surface area contributed by atoms with Crippen molar-refractivity contribution in [1.82, 2.24) is 4.90 Å². The zero-order chi connectivity index (χ0) is 18.6. The first-order chi connectivity index (χ1) is 13.2. The highest BCUT2D eigenvalue weighted by Gasteiger charge is 2.40. The molecule has 2 unspecified atom stereocenters. The Morgan fingerprint density at radius 3 is 2.15 bits per heavy atom. The lowest BCUT2D eigenvalue weighted by atomic mass is 9.99. The van der Waals surface area contributed by atoms with Crippen molar-refractivity contribution in [3.63, 3.8) is 0 Å². The zero-order valence-electron chi connectivity index (χ0n) is 15.4. The van der Waals surface area contributed by atoms with Gasteiger partial charge in [-0.3, -0.25) is 4.90 Å². The highest BCUT2D eigenvalue weighted by Crippen LogP contribution is 2.35. The lowest BCUT2D eigenvalue weighted by Gasteiger charge is -2.38. The van der Waals surface area contributed by atoms with Crippen LogP contribution in [-0.2, 0) is 0 Å². The predicted octanol–water partition coefficient (Wildman–Crippen LogP) is 3.21. The molecule has 4 rings (SSSR count). The molecule has 0 saturated carbocycles. The van der Waals surface area contributed by atoms with Gasteiger partial charge >= 0.3 is 0 Å². The van der Waals surface area contributed by atoms with E-state index in [1.807, 2.05) is 54.6 Å². The third-order valence-electron chi connectivity index (χ3n) is 5.53. The van der Waals surface area contributed by atoms with Crippen LogP contribution in [0.3, 0.4) is 0 Å². The summed E-state index contributed by atoms with van der Waals surface area (Å²) in [6.07, 6.45) is 3.18. The number of piperidine rings is 1. The quantitative estimate of drug-likeness (QED) is 0.785. The van der Waals surface area contributed by atoms with Gasteiger partial charge in [0.05, 0.1) is 6.10 Å². The number of fused-ring (bicyclic) bond motifs is 2. The molecule has 0 aromatic heterocycles. The van der Waals surface area contributed by atoms with Crippen molar-refractivity contribution in [2.24, 2.45) is 0 Å². The second kappa shape index (κ2) is 8.30. The number of benzene rings is 2. The highest BCUT2D eigenvalue weighted by atomic mass is 16.5. The first kappa shape index (κ1) is 18.3. The lowest BCUT2D eigenvalue weighted by molar-refractivity contribution is -0.00215. The van der Waals surface area contributed by atoms with Crippen molar-refractivity contribution in [3.8, 4) is 17.2 Å². The Morgan fingerprint density at radius 2 is 1.48 bits per heavy atom. The molecule has 144 valence electrons. The minimum Gasteiger partial charge on any atom is -0.491 e. The van der Waals surface area contributed by atoms with E-state index in [2.05, 4.69) is 4.90 Å². The summed E-state index contributed by atoms with van der Waals surface area (Å²) in [5.74, 6) is 2.26. The summed E-state index contributed by atoms with van der Waals surface area (Å²) in [4.78, 5) is 2.36. The topological polar surface area (TPSA) is 62.2 Å². The summed E-state index contributed by atoms with van der Waals surface area (Å²) in [7, 11) is 0. The van der Waals surface area contributed by atoms with Crippen molar-refractivity contribution < 1.29 is 19.7 Å². The van der Waals surface area contributed by atoms with E-state index in [9.17, 15) is 10.2 Å². The summed E-state index contributed by atoms with van der Waals surface area (Å²) in [6.45, 7) is 0.870. The SMILES string of the molecule is OC1C[C@H]2CC[C@@H](C1)N2CC(O)COc1ccc(Oc2ccccc2)cc1. The Labute approximate surface area is 160 Å². The number of para-hydroxylation sites is 1. The van der Waals surface area contributed by atoms with Crippen molar-refractivity contribution in [2.45, 2.75) is 50.0 Å². The summed E-state index contributed by atoms with van der Waals surface area (Å²) in [5.41, 5.74) is 0. The standard InChI is InChI=1S/C22H27NO4/c24-18-12-16-6-7-17(13-18)23(16)14-19(25)15-26-20-8-10-22(11-9-20)27-21-4-2-1-3-5-21/h1-5,8-11,16-19,24-25H,6-7,12-15H2/t16-,17+,18?,19?. The number of hydrogen-bond donors (Lipinski definition) is 2. The molecule has 2 aliphatic rings. The second-order valence-electron chi connectivity index (χ2n) is 7.56. The molecule has 2 aromatic rings. The Kier molecular flexibility index (Phi) is 5.62. The van der Waals surface area contributed by atoms with E-state index in [1.165, 1.54) is 0 Å². The first-order valence-corrected chi connectivity index (χ1v) is 9.75. The molecule has 0 radical (unpaired) electrons. The van der Waals surface area contributed by atoms with E-state index in [0.717, 1.165) is 37.2 Å². The average molecular weight is 369 g/mol. The Hall–Kier alpha value is -2.08. The van der Waals surface area contributed by atoms with Crippen LogP contribution in [0.15, 0.2) is 54.6 Å². The molecule has 2 saturated heterocycles. The molecule has 2 N–H and O–H groups in total. The number of nitrogens with zero attached hydrogens (tertiary/aromatic N) is 1. The maximum absolute atomic E-state index is 10.4. The fourth-order valence-corrected chi connectivity index (χ4v) is 4.26. The minimum atomic E-state index is -0.538. The molecule has 0 spiro atoms. The summed E-state index contributed by atoms with van der Waals surface area (Å²) < 4.78 is 11.5. The van der Waals surface area contributed by atoms with Gasteiger partial charge in [-0.25, -0.2) is 0 Å². The van der Waals surface area contributed by atoms with E-state index in [-0.39, 0.29) is 12.7 Å². The van der Waals surface area contributed by atoms with Gasteiger partial charge in [-0.2, -0.15) is 0 Å². The molecule has 0 amide bonds. The molecule has 2 heterocycles. The van der Waals surface area contributed by atoms with Crippen molar-refractivity contribution in [3.05, 3.63) is 54.6 Å². The molecule has 5 heteroatoms. The van der Waals surface area contributed by atoms with E-state index in [0.29, 0.717) is 24.4 Å². The molecular formula is C22H27NO4. The number of hydrogen-bond acceptors (Lipinski definition) is 5. The van der Waals surface area contributed by atoms with Gasteiger partial charge in [-0.1, -0.05) is 18.2 Å². The zero-order valence-corrected chi connectivity index (χ0v) is 15.4. The fourth-order valence-electron chi connectivity index (χ4n) is 4.26. The molecule has 2 aromatic carbocycles. The van der Waals surface area contributed by atoms with Crippen LogP contribution in [0.1, 0.15) is 25.7 Å². The number of ether oxygens (including phenoxy) is 2. The van der Waals surface area contributed by atoms with Gasteiger partial charge in [-0.05, 0) is 62.1 Å². The Bertz CT molecular complexity index is 707. The summed E-state index contributed by atoms with van der Waals surface area (Å²) in [6, 6.07) is 17.9. The van der Waals surface area contributed by atoms with Crippen LogP contribution >= 0.6 is 0 Å². The van der Waals surface area contributed by atoms with E-state index in [1.54, 1.807) is 0 Å². The van der Waals surface area contributed by atoms with Crippen LogP contribution in [0, 0.1) is 0 Å². The molecule has 5 nitrogen and oxygen atoms in total. The predicted molar refractivity (Wildman–Crippen MR) is 103 cm³/mol. The van der Waals surface area contributed by atoms with Crippen molar-refractivity contribution >= 4 is 0 Å². The second-order valence-corrected chi connectivity index (χ2v) is 7.56. The maximum Gasteiger partial charge on any atom is 0.127 e. The Morgan fingerprint density at radius 1 is 0.889 bits per heavy atom. The van der Waals surface area contributed by atoms with Crippen LogP contribution in [-0.4, -0.2) is 52.6 Å². The fraction of sp³-hybridized carbons (Fsp3) is 0.455. The van der Waals surface area contributed by atoms with Gasteiger partial charge in [0.1, 0.15) is 30.0 Å². The van der Waals surface area contributed by atoms with Crippen LogP contribution < -0.4 is 9.47 Å². The molecule has 2 aliphatic heterocycles. The van der Waals surface area contributed by atoms with Gasteiger partial charge in [0.2, 0.25) is 0 Å². The molecular weight excluding hydrogens is 342 g/mol. The van der Waals surface area contributed by atoms with Gasteiger partial charge in [0.15, 0.2) is 0 Å². The molecule has 27 heavy (non-hydrogen) atoms. The smallest absolute Gasteiger partial charge is 0.127 e. The first-order valence-electron chi connectivity index (χ1n) is 9.75. The van der Waals surface area contributed by atoms with Gasteiger partial charge in [0, 0.05) is 18.6 Å². The average Bonchev–Trinajstić information content (AvgIpc) is 2.91. The largest absolute Gasteiger partial charge is 0.491 e. The van der Waals surface area contributed by atoms with E-state index < -0.39 is 6.10 Å². The third kappa shape index (κ3) is 4.61. The van der Waals surface area contributed by atoms with Gasteiger partial charge in [0.25, 0.3) is 0 Å². The monoisotopic (exact) mass is 369 g/mol.